The highest BCUT2D eigenvalue weighted by Gasteiger charge is 2.32. The van der Waals surface area contributed by atoms with Crippen LogP contribution in [0.15, 0.2) is 110 Å². The number of para-hydroxylation sites is 1. The summed E-state index contributed by atoms with van der Waals surface area (Å²) in [5.74, 6) is 0.531. The molecule has 1 aliphatic rings. The van der Waals surface area contributed by atoms with Gasteiger partial charge in [0.05, 0.1) is 45.5 Å². The Labute approximate surface area is 259 Å². The minimum atomic E-state index is -0.775. The molecule has 12 heteroatoms. The number of hydrogen-bond donors (Lipinski definition) is 1. The average Bonchev–Trinajstić information content (AvgIpc) is 3.60. The summed E-state index contributed by atoms with van der Waals surface area (Å²) in [5, 5.41) is 15.1. The lowest BCUT2D eigenvalue weighted by Gasteiger charge is -2.25. The minimum absolute atomic E-state index is 0.177. The number of nitro benzene ring substituents is 1. The van der Waals surface area contributed by atoms with Crippen molar-refractivity contribution >= 4 is 46.3 Å². The van der Waals surface area contributed by atoms with Gasteiger partial charge in [-0.3, -0.25) is 24.3 Å². The topological polar surface area (TPSA) is 129 Å². The number of aromatic nitrogens is 1. The summed E-state index contributed by atoms with van der Waals surface area (Å²) in [6.07, 6.45) is 1.56. The van der Waals surface area contributed by atoms with Crippen molar-refractivity contribution in [3.8, 4) is 17.1 Å². The first-order chi connectivity index (χ1) is 21.2. The molecule has 3 heterocycles. The number of nitrogens with one attached hydrogen (secondary N) is 1. The van der Waals surface area contributed by atoms with Gasteiger partial charge in [-0.1, -0.05) is 53.3 Å². The first-order valence-electron chi connectivity index (χ1n) is 13.3. The van der Waals surface area contributed by atoms with Crippen LogP contribution < -0.4 is 24.9 Å². The van der Waals surface area contributed by atoms with Crippen molar-refractivity contribution < 1.29 is 18.9 Å². The number of hydrogen-bond acceptors (Lipinski definition) is 8. The van der Waals surface area contributed by atoms with E-state index >= 15 is 0 Å². The number of rotatable bonds is 7. The number of nitro groups is 1. The van der Waals surface area contributed by atoms with E-state index in [0.29, 0.717) is 48.4 Å². The zero-order valence-corrected chi connectivity index (χ0v) is 24.9. The Morgan fingerprint density at radius 2 is 1.86 bits per heavy atom. The predicted octanol–water partition coefficient (Wildman–Crippen LogP) is 5.70. The molecular formula is C32H23ClN4O6S. The van der Waals surface area contributed by atoms with Gasteiger partial charge in [0.15, 0.2) is 4.80 Å². The number of carbonyl (C=O) groups is 1. The van der Waals surface area contributed by atoms with E-state index in [1.54, 1.807) is 73.7 Å². The molecule has 6 rings (SSSR count). The minimum Gasteiger partial charge on any atom is -0.497 e. The van der Waals surface area contributed by atoms with E-state index in [1.165, 1.54) is 17.7 Å². The Bertz CT molecular complexity index is 2130. The number of amides is 1. The number of nitrogens with zero attached hydrogens (tertiary/aromatic N) is 3. The summed E-state index contributed by atoms with van der Waals surface area (Å²) < 4.78 is 12.9. The van der Waals surface area contributed by atoms with Gasteiger partial charge in [-0.25, -0.2) is 4.99 Å². The number of ether oxygens (including phenoxy) is 1. The molecule has 1 amide bonds. The molecule has 220 valence electrons. The quantitative estimate of drug-likeness (QED) is 0.182. The van der Waals surface area contributed by atoms with Crippen LogP contribution in [0.3, 0.4) is 0 Å². The second-order valence-corrected chi connectivity index (χ2v) is 11.2. The van der Waals surface area contributed by atoms with Gasteiger partial charge in [0, 0.05) is 16.8 Å². The Balaban J connectivity index is 1.44. The molecule has 0 spiro atoms. The fourth-order valence-electron chi connectivity index (χ4n) is 4.99. The van der Waals surface area contributed by atoms with Crippen molar-refractivity contribution in [2.75, 3.05) is 12.4 Å². The Morgan fingerprint density at radius 1 is 1.11 bits per heavy atom. The largest absolute Gasteiger partial charge is 0.497 e. The van der Waals surface area contributed by atoms with Crippen molar-refractivity contribution in [1.82, 2.24) is 4.57 Å². The number of anilines is 1. The van der Waals surface area contributed by atoms with Crippen LogP contribution in [0.1, 0.15) is 24.3 Å². The predicted molar refractivity (Wildman–Crippen MR) is 168 cm³/mol. The lowest BCUT2D eigenvalue weighted by molar-refractivity contribution is -0.384. The van der Waals surface area contributed by atoms with Crippen LogP contribution >= 0.6 is 22.9 Å². The number of halogens is 1. The SMILES string of the molecule is COc1ccc(-c2ccc(/C=c3\sc4n(c3=O)[C@H](c3ccc(Cl)cc3)C(C(=O)Nc3ccccc3)=C(C)N=4)o2)c([N+](=O)[O-])c1. The van der Waals surface area contributed by atoms with Crippen LogP contribution in [-0.2, 0) is 4.79 Å². The number of benzene rings is 3. The van der Waals surface area contributed by atoms with Crippen LogP contribution in [0.2, 0.25) is 5.02 Å². The highest BCUT2D eigenvalue weighted by atomic mass is 35.5. The highest BCUT2D eigenvalue weighted by Crippen LogP contribution is 2.35. The number of fused-ring (bicyclic) bond motifs is 1. The molecule has 5 aromatic rings. The van der Waals surface area contributed by atoms with Gasteiger partial charge in [0.1, 0.15) is 17.3 Å². The second kappa shape index (κ2) is 11.8. The molecule has 1 N–H and O–H groups in total. The molecule has 0 saturated carbocycles. The summed E-state index contributed by atoms with van der Waals surface area (Å²) in [4.78, 5) is 43.8. The van der Waals surface area contributed by atoms with E-state index in [4.69, 9.17) is 20.8 Å². The average molecular weight is 627 g/mol. The normalized spacial score (nSPS) is 14.6. The third kappa shape index (κ3) is 5.46. The van der Waals surface area contributed by atoms with Crippen LogP contribution in [0.5, 0.6) is 5.75 Å². The van der Waals surface area contributed by atoms with Crippen molar-refractivity contribution in [2.24, 2.45) is 4.99 Å². The number of allylic oxidation sites excluding steroid dienone is 1. The first kappa shape index (κ1) is 28.8. The lowest BCUT2D eigenvalue weighted by Crippen LogP contribution is -2.40. The van der Waals surface area contributed by atoms with E-state index in [9.17, 15) is 19.7 Å². The molecule has 2 aromatic heterocycles. The van der Waals surface area contributed by atoms with Gasteiger partial charge >= 0.3 is 0 Å². The second-order valence-electron chi connectivity index (χ2n) is 9.80. The molecule has 0 saturated heterocycles. The van der Waals surface area contributed by atoms with E-state index in [0.717, 1.165) is 11.3 Å². The Hall–Kier alpha value is -5.26. The summed E-state index contributed by atoms with van der Waals surface area (Å²) in [6.45, 7) is 1.74. The molecule has 0 radical (unpaired) electrons. The van der Waals surface area contributed by atoms with Crippen molar-refractivity contribution in [3.05, 3.63) is 142 Å². The fourth-order valence-corrected chi connectivity index (χ4v) is 6.15. The van der Waals surface area contributed by atoms with E-state index < -0.39 is 11.0 Å². The third-order valence-corrected chi connectivity index (χ3v) is 8.29. The van der Waals surface area contributed by atoms with E-state index in [1.807, 2.05) is 18.2 Å². The van der Waals surface area contributed by atoms with E-state index in [-0.39, 0.29) is 28.5 Å². The molecule has 3 aromatic carbocycles. The zero-order chi connectivity index (χ0) is 31.0. The summed E-state index contributed by atoms with van der Waals surface area (Å²) in [7, 11) is 1.43. The van der Waals surface area contributed by atoms with Crippen LogP contribution in [0.4, 0.5) is 11.4 Å². The molecule has 1 atom stereocenters. The summed E-state index contributed by atoms with van der Waals surface area (Å²) in [6, 6.07) is 22.9. The molecule has 1 aliphatic heterocycles. The van der Waals surface area contributed by atoms with Crippen LogP contribution in [0, 0.1) is 10.1 Å². The molecule has 0 bridgehead atoms. The molecule has 0 unspecified atom stereocenters. The third-order valence-electron chi connectivity index (χ3n) is 7.05. The first-order valence-corrected chi connectivity index (χ1v) is 14.5. The van der Waals surface area contributed by atoms with Crippen LogP contribution in [0.25, 0.3) is 17.4 Å². The maximum atomic E-state index is 13.9. The van der Waals surface area contributed by atoms with Gasteiger partial charge in [0.2, 0.25) is 0 Å². The molecule has 0 fully saturated rings. The Kier molecular flexibility index (Phi) is 7.73. The van der Waals surface area contributed by atoms with E-state index in [2.05, 4.69) is 10.3 Å². The highest BCUT2D eigenvalue weighted by molar-refractivity contribution is 7.07. The summed E-state index contributed by atoms with van der Waals surface area (Å²) in [5.41, 5.74) is 1.80. The van der Waals surface area contributed by atoms with Crippen molar-refractivity contribution in [1.29, 1.82) is 0 Å². The lowest BCUT2D eigenvalue weighted by atomic mass is 9.95. The molecule has 0 aliphatic carbocycles. The standard InChI is InChI=1S/C32H23ClN4O6S/c1-18-28(30(38)35-21-6-4-3-5-7-21)29(19-8-10-20(33)11-9-19)36-31(39)27(44-32(36)34-18)17-23-13-15-26(43-23)24-14-12-22(42-2)16-25(24)37(40)41/h3-17,29H,1-2H3,(H,35,38)/b27-17-/t29-/m1/s1. The summed E-state index contributed by atoms with van der Waals surface area (Å²) >= 11 is 7.31. The number of furan rings is 1. The number of thiazole rings is 1. The zero-order valence-electron chi connectivity index (χ0n) is 23.3. The Morgan fingerprint density at radius 3 is 2.57 bits per heavy atom. The van der Waals surface area contributed by atoms with Gasteiger partial charge in [-0.05, 0) is 61.0 Å². The number of carbonyl (C=O) groups excluding carboxylic acids is 1. The van der Waals surface area contributed by atoms with Gasteiger partial charge in [-0.15, -0.1) is 0 Å². The number of methoxy groups -OCH3 is 1. The van der Waals surface area contributed by atoms with Crippen molar-refractivity contribution in [2.45, 2.75) is 13.0 Å². The molecule has 44 heavy (non-hydrogen) atoms. The van der Waals surface area contributed by atoms with Gasteiger partial charge in [-0.2, -0.15) is 0 Å². The molecule has 10 nitrogen and oxygen atoms in total. The fraction of sp³-hybridized carbons (Fsp3) is 0.0938. The molecular weight excluding hydrogens is 604 g/mol. The van der Waals surface area contributed by atoms with Crippen LogP contribution in [-0.4, -0.2) is 22.5 Å². The monoisotopic (exact) mass is 626 g/mol. The smallest absolute Gasteiger partial charge is 0.284 e. The van der Waals surface area contributed by atoms with Gasteiger partial charge < -0.3 is 14.5 Å². The van der Waals surface area contributed by atoms with Gasteiger partial charge in [0.25, 0.3) is 17.2 Å². The maximum absolute atomic E-state index is 13.9. The maximum Gasteiger partial charge on any atom is 0.284 e. The van der Waals surface area contributed by atoms with Crippen molar-refractivity contribution in [3.63, 3.8) is 0 Å².